The van der Waals surface area contributed by atoms with Crippen LogP contribution in [0.2, 0.25) is 0 Å². The van der Waals surface area contributed by atoms with Crippen molar-refractivity contribution in [3.8, 4) is 5.75 Å². The number of thiazole rings is 1. The molecule has 0 saturated heterocycles. The van der Waals surface area contributed by atoms with Crippen LogP contribution in [0.1, 0.15) is 42.5 Å². The van der Waals surface area contributed by atoms with Crippen molar-refractivity contribution >= 4 is 38.2 Å². The molecule has 1 heterocycles. The van der Waals surface area contributed by atoms with Crippen molar-refractivity contribution in [2.45, 2.75) is 36.3 Å². The first-order valence-corrected chi connectivity index (χ1v) is 11.3. The molecule has 2 aromatic rings. The van der Waals surface area contributed by atoms with Gasteiger partial charge in [-0.25, -0.2) is 13.4 Å². The lowest BCUT2D eigenvalue weighted by molar-refractivity contribution is -0.140. The number of hydrogen-bond acceptors (Lipinski definition) is 7. The summed E-state index contributed by atoms with van der Waals surface area (Å²) in [4.78, 5) is 28.9. The Bertz CT molecular complexity index is 946. The van der Waals surface area contributed by atoms with Crippen molar-refractivity contribution in [1.82, 2.24) is 4.98 Å². The highest BCUT2D eigenvalue weighted by atomic mass is 32.2. The number of hydrogen-bond donors (Lipinski definition) is 1. The maximum absolute atomic E-state index is 12.6. The van der Waals surface area contributed by atoms with Crippen molar-refractivity contribution < 1.29 is 22.7 Å². The van der Waals surface area contributed by atoms with Gasteiger partial charge in [-0.1, -0.05) is 42.7 Å². The van der Waals surface area contributed by atoms with E-state index in [4.69, 9.17) is 4.74 Å². The maximum atomic E-state index is 12.6. The summed E-state index contributed by atoms with van der Waals surface area (Å²) in [5.41, 5.74) is 0.192. The van der Waals surface area contributed by atoms with Gasteiger partial charge in [0, 0.05) is 6.26 Å². The monoisotopic (exact) mass is 408 g/mol. The van der Waals surface area contributed by atoms with Crippen LogP contribution in [0, 0.1) is 5.92 Å². The number of sulfone groups is 1. The summed E-state index contributed by atoms with van der Waals surface area (Å²) in [6.07, 6.45) is 7.03. The molecule has 0 bridgehead atoms. The van der Waals surface area contributed by atoms with E-state index in [1.165, 1.54) is 6.20 Å². The van der Waals surface area contributed by atoms with Crippen molar-refractivity contribution in [3.63, 3.8) is 0 Å². The van der Waals surface area contributed by atoms with Gasteiger partial charge < -0.3 is 4.74 Å². The first-order valence-electron chi connectivity index (χ1n) is 8.62. The van der Waals surface area contributed by atoms with Gasteiger partial charge >= 0.3 is 5.97 Å². The minimum atomic E-state index is -3.38. The summed E-state index contributed by atoms with van der Waals surface area (Å²) >= 11 is 0.867. The van der Waals surface area contributed by atoms with Crippen molar-refractivity contribution in [1.29, 1.82) is 0 Å². The topological polar surface area (TPSA) is 102 Å². The van der Waals surface area contributed by atoms with Crippen LogP contribution in [0.4, 0.5) is 5.13 Å². The molecular weight excluding hydrogens is 388 g/mol. The second-order valence-corrected chi connectivity index (χ2v) is 9.74. The molecule has 1 amide bonds. The molecule has 0 radical (unpaired) electrons. The molecule has 1 saturated carbocycles. The fourth-order valence-corrected chi connectivity index (χ4v) is 4.56. The van der Waals surface area contributed by atoms with Crippen molar-refractivity contribution in [2.24, 2.45) is 5.92 Å². The van der Waals surface area contributed by atoms with Gasteiger partial charge in [-0.2, -0.15) is 0 Å². The quantitative estimate of drug-likeness (QED) is 0.602. The number of rotatable bonds is 5. The molecule has 1 aromatic carbocycles. The zero-order chi connectivity index (χ0) is 19.4. The molecule has 1 aliphatic carbocycles. The van der Waals surface area contributed by atoms with E-state index in [0.29, 0.717) is 0 Å². The van der Waals surface area contributed by atoms with Gasteiger partial charge in [0.2, 0.25) is 0 Å². The number of carbonyl (C=O) groups excluding carboxylic acids is 2. The predicted molar refractivity (Wildman–Crippen MR) is 102 cm³/mol. The largest absolute Gasteiger partial charge is 0.425 e. The zero-order valence-corrected chi connectivity index (χ0v) is 16.4. The van der Waals surface area contributed by atoms with E-state index in [1.54, 1.807) is 24.3 Å². The molecule has 0 unspecified atom stereocenters. The Kier molecular flexibility index (Phi) is 5.91. The lowest BCUT2D eigenvalue weighted by Crippen LogP contribution is -2.24. The van der Waals surface area contributed by atoms with Gasteiger partial charge in [0.15, 0.2) is 15.0 Å². The Morgan fingerprint density at radius 3 is 2.56 bits per heavy atom. The molecule has 0 atom stereocenters. The molecule has 1 aliphatic rings. The van der Waals surface area contributed by atoms with Gasteiger partial charge in [0.1, 0.15) is 9.96 Å². The number of aromatic nitrogens is 1. The molecule has 7 nitrogen and oxygen atoms in total. The molecule has 1 fully saturated rings. The number of amides is 1. The van der Waals surface area contributed by atoms with E-state index in [9.17, 15) is 18.0 Å². The lowest BCUT2D eigenvalue weighted by atomic mass is 9.89. The minimum absolute atomic E-state index is 0.0646. The van der Waals surface area contributed by atoms with Gasteiger partial charge in [0.25, 0.3) is 5.91 Å². The number of ether oxygens (including phenoxy) is 1. The van der Waals surface area contributed by atoms with E-state index in [2.05, 4.69) is 10.3 Å². The van der Waals surface area contributed by atoms with Crippen LogP contribution < -0.4 is 10.1 Å². The molecule has 0 aliphatic heterocycles. The summed E-state index contributed by atoms with van der Waals surface area (Å²) in [5, 5.41) is 2.72. The Balaban J connectivity index is 1.73. The Morgan fingerprint density at radius 2 is 1.89 bits per heavy atom. The van der Waals surface area contributed by atoms with Gasteiger partial charge in [-0.3, -0.25) is 14.9 Å². The summed E-state index contributed by atoms with van der Waals surface area (Å²) in [5.74, 6) is -0.781. The number of nitrogens with one attached hydrogen (secondary N) is 1. The summed E-state index contributed by atoms with van der Waals surface area (Å²) in [6, 6.07) is 6.46. The third-order valence-electron chi connectivity index (χ3n) is 4.35. The average Bonchev–Trinajstić information content (AvgIpc) is 3.12. The first-order chi connectivity index (χ1) is 12.8. The van der Waals surface area contributed by atoms with Gasteiger partial charge in [-0.05, 0) is 25.0 Å². The van der Waals surface area contributed by atoms with E-state index >= 15 is 0 Å². The Morgan fingerprint density at radius 1 is 1.19 bits per heavy atom. The number of anilines is 1. The van der Waals surface area contributed by atoms with Crippen LogP contribution in [0.25, 0.3) is 0 Å². The lowest BCUT2D eigenvalue weighted by Gasteiger charge is -2.20. The second kappa shape index (κ2) is 8.18. The number of carbonyl (C=O) groups is 2. The molecular formula is C18H20N2O5S2. The summed E-state index contributed by atoms with van der Waals surface area (Å²) in [7, 11) is -3.38. The number of para-hydroxylation sites is 1. The molecule has 1 aromatic heterocycles. The van der Waals surface area contributed by atoms with Gasteiger partial charge in [0.05, 0.1) is 17.7 Å². The molecule has 27 heavy (non-hydrogen) atoms. The number of benzene rings is 1. The van der Waals surface area contributed by atoms with Crippen LogP contribution in [0.3, 0.4) is 0 Å². The average molecular weight is 409 g/mol. The van der Waals surface area contributed by atoms with E-state index in [1.807, 2.05) is 0 Å². The highest BCUT2D eigenvalue weighted by Gasteiger charge is 2.25. The molecule has 1 N–H and O–H groups in total. The van der Waals surface area contributed by atoms with Crippen LogP contribution >= 0.6 is 11.3 Å². The van der Waals surface area contributed by atoms with Crippen LogP contribution in [-0.4, -0.2) is 31.5 Å². The smallest absolute Gasteiger partial charge is 0.314 e. The third kappa shape index (κ3) is 4.92. The summed E-state index contributed by atoms with van der Waals surface area (Å²) in [6.45, 7) is 0. The van der Waals surface area contributed by atoms with E-state index < -0.39 is 15.7 Å². The maximum Gasteiger partial charge on any atom is 0.314 e. The highest BCUT2D eigenvalue weighted by Crippen LogP contribution is 2.28. The fourth-order valence-electron chi connectivity index (χ4n) is 2.93. The van der Waals surface area contributed by atoms with E-state index in [0.717, 1.165) is 49.7 Å². The van der Waals surface area contributed by atoms with Crippen molar-refractivity contribution in [2.75, 3.05) is 11.6 Å². The van der Waals surface area contributed by atoms with Gasteiger partial charge in [-0.15, -0.1) is 0 Å². The summed E-state index contributed by atoms with van der Waals surface area (Å²) < 4.78 is 28.6. The number of esters is 1. The normalized spacial score (nSPS) is 15.3. The Hall–Kier alpha value is -2.26. The van der Waals surface area contributed by atoms with Crippen molar-refractivity contribution in [3.05, 3.63) is 36.0 Å². The zero-order valence-electron chi connectivity index (χ0n) is 14.8. The highest BCUT2D eigenvalue weighted by molar-refractivity contribution is 7.92. The minimum Gasteiger partial charge on any atom is -0.425 e. The van der Waals surface area contributed by atoms with Crippen LogP contribution in [0.5, 0.6) is 5.75 Å². The Labute approximate surface area is 161 Å². The SMILES string of the molecule is CS(=O)(=O)c1cnc(NC(=O)c2ccccc2OC(=O)C2CCCCC2)s1. The van der Waals surface area contributed by atoms with Crippen LogP contribution in [-0.2, 0) is 14.6 Å². The third-order valence-corrected chi connectivity index (χ3v) is 7.05. The molecule has 0 spiro atoms. The number of nitrogens with zero attached hydrogens (tertiary/aromatic N) is 1. The van der Waals surface area contributed by atoms with Crippen LogP contribution in [0.15, 0.2) is 34.7 Å². The molecule has 144 valence electrons. The molecule has 3 rings (SSSR count). The fraction of sp³-hybridized carbons (Fsp3) is 0.389. The standard InChI is InChI=1S/C18H20N2O5S2/c1-27(23,24)15-11-19-18(26-15)20-16(21)13-9-5-6-10-14(13)25-17(22)12-7-3-2-4-8-12/h5-6,9-12H,2-4,7-8H2,1H3,(H,19,20,21). The second-order valence-electron chi connectivity index (χ2n) is 6.46. The predicted octanol–water partition coefficient (Wildman–Crippen LogP) is 3.28. The molecule has 9 heteroatoms. The van der Waals surface area contributed by atoms with E-state index in [-0.39, 0.29) is 32.5 Å². The first kappa shape index (κ1) is 19.5.